The predicted molar refractivity (Wildman–Crippen MR) is 107 cm³/mol. The van der Waals surface area contributed by atoms with E-state index in [9.17, 15) is 13.2 Å². The summed E-state index contributed by atoms with van der Waals surface area (Å²) in [7, 11) is -1.79. The number of aryl methyl sites for hydroxylation is 2. The fourth-order valence-electron chi connectivity index (χ4n) is 3.52. The fourth-order valence-corrected chi connectivity index (χ4v) is 5.88. The van der Waals surface area contributed by atoms with Crippen molar-refractivity contribution >= 4 is 21.8 Å². The Labute approximate surface area is 168 Å². The molecule has 11 heteroatoms. The molecule has 0 radical (unpaired) electrons. The van der Waals surface area contributed by atoms with Gasteiger partial charge in [0.15, 0.2) is 0 Å². The first-order valence-corrected chi connectivity index (χ1v) is 11.9. The second-order valence-electron chi connectivity index (χ2n) is 7.08. The third kappa shape index (κ3) is 4.02. The van der Waals surface area contributed by atoms with Crippen LogP contribution < -0.4 is 5.56 Å². The Hall–Kier alpha value is -1.69. The number of nitrogens with zero attached hydrogens (tertiary/aromatic N) is 6. The molecule has 2 aromatic rings. The van der Waals surface area contributed by atoms with Gasteiger partial charge in [-0.1, -0.05) is 0 Å². The molecule has 1 saturated heterocycles. The van der Waals surface area contributed by atoms with Gasteiger partial charge in [-0.25, -0.2) is 13.1 Å². The summed E-state index contributed by atoms with van der Waals surface area (Å²) in [5, 5.41) is 8.50. The van der Waals surface area contributed by atoms with Gasteiger partial charge in [0.1, 0.15) is 4.90 Å². The fraction of sp³-hybridized carbons (Fsp3) is 0.588. The van der Waals surface area contributed by atoms with Crippen molar-refractivity contribution in [2.24, 2.45) is 7.05 Å². The molecule has 0 N–H and O–H groups in total. The van der Waals surface area contributed by atoms with Crippen LogP contribution in [0.3, 0.4) is 0 Å². The monoisotopic (exact) mass is 424 g/mol. The lowest BCUT2D eigenvalue weighted by Gasteiger charge is -2.33. The highest BCUT2D eigenvalue weighted by Crippen LogP contribution is 2.21. The molecule has 152 valence electrons. The maximum Gasteiger partial charge on any atom is 0.267 e. The number of fused-ring (bicyclic) bond motifs is 1. The largest absolute Gasteiger partial charge is 0.299 e. The Balaban J connectivity index is 1.34. The van der Waals surface area contributed by atoms with Crippen molar-refractivity contribution in [3.8, 4) is 0 Å². The van der Waals surface area contributed by atoms with Crippen LogP contribution in [-0.2, 0) is 35.8 Å². The maximum atomic E-state index is 12.7. The Morgan fingerprint density at radius 3 is 2.68 bits per heavy atom. The average Bonchev–Trinajstić information content (AvgIpc) is 3.14. The van der Waals surface area contributed by atoms with E-state index in [2.05, 4.69) is 15.1 Å². The third-order valence-electron chi connectivity index (χ3n) is 5.18. The summed E-state index contributed by atoms with van der Waals surface area (Å²) in [6.45, 7) is 3.34. The molecule has 0 amide bonds. The van der Waals surface area contributed by atoms with Crippen molar-refractivity contribution in [3.63, 3.8) is 0 Å². The zero-order valence-electron chi connectivity index (χ0n) is 15.8. The number of sulfonamides is 1. The van der Waals surface area contributed by atoms with Gasteiger partial charge < -0.3 is 0 Å². The minimum absolute atomic E-state index is 0.0564. The Kier molecular flexibility index (Phi) is 5.59. The minimum atomic E-state index is -3.49. The molecule has 1 fully saturated rings. The van der Waals surface area contributed by atoms with E-state index in [1.54, 1.807) is 17.8 Å². The topological polar surface area (TPSA) is 93.3 Å². The van der Waals surface area contributed by atoms with Crippen LogP contribution in [0.1, 0.15) is 11.3 Å². The molecule has 0 saturated carbocycles. The highest BCUT2D eigenvalue weighted by molar-refractivity contribution is 7.98. The second kappa shape index (κ2) is 7.97. The first-order valence-electron chi connectivity index (χ1n) is 9.32. The van der Waals surface area contributed by atoms with E-state index in [4.69, 9.17) is 0 Å². The number of hydrogen-bond acceptors (Lipinski definition) is 7. The standard InChI is InChI=1S/C17H24N6O3S2/c1-20-12-15(11-18-20)28(25,26)22-6-3-21(4-7-22)5-8-23-17(24)10-14-13-27-9-2-16(14)19-23/h10-12H,2-9,13H2,1H3. The second-order valence-corrected chi connectivity index (χ2v) is 10.1. The Morgan fingerprint density at radius 1 is 1.18 bits per heavy atom. The van der Waals surface area contributed by atoms with Crippen molar-refractivity contribution in [2.45, 2.75) is 23.6 Å². The van der Waals surface area contributed by atoms with E-state index in [1.165, 1.54) is 21.4 Å². The van der Waals surface area contributed by atoms with Crippen LogP contribution in [0.4, 0.5) is 0 Å². The molecule has 0 bridgehead atoms. The molecule has 9 nitrogen and oxygen atoms in total. The van der Waals surface area contributed by atoms with Gasteiger partial charge >= 0.3 is 0 Å². The summed E-state index contributed by atoms with van der Waals surface area (Å²) < 4.78 is 29.9. The van der Waals surface area contributed by atoms with Gasteiger partial charge in [-0.15, -0.1) is 0 Å². The first-order chi connectivity index (χ1) is 13.4. The molecule has 2 aliphatic rings. The van der Waals surface area contributed by atoms with E-state index in [1.807, 2.05) is 11.8 Å². The number of hydrogen-bond donors (Lipinski definition) is 0. The molecule has 28 heavy (non-hydrogen) atoms. The van der Waals surface area contributed by atoms with Gasteiger partial charge in [-0.3, -0.25) is 14.4 Å². The number of rotatable bonds is 5. The number of piperazine rings is 1. The molecule has 2 aliphatic heterocycles. The van der Waals surface area contributed by atoms with Crippen molar-refractivity contribution in [1.82, 2.24) is 28.8 Å². The van der Waals surface area contributed by atoms with Crippen LogP contribution in [-0.4, -0.2) is 75.7 Å². The highest BCUT2D eigenvalue weighted by atomic mass is 32.2. The van der Waals surface area contributed by atoms with Crippen LogP contribution >= 0.6 is 11.8 Å². The molecule has 0 aliphatic carbocycles. The van der Waals surface area contributed by atoms with E-state index in [-0.39, 0.29) is 10.5 Å². The molecular weight excluding hydrogens is 400 g/mol. The van der Waals surface area contributed by atoms with Crippen molar-refractivity contribution < 1.29 is 8.42 Å². The van der Waals surface area contributed by atoms with Gasteiger partial charge in [0, 0.05) is 64.2 Å². The predicted octanol–water partition coefficient (Wildman–Crippen LogP) is -0.227. The lowest BCUT2D eigenvalue weighted by atomic mass is 10.2. The highest BCUT2D eigenvalue weighted by Gasteiger charge is 2.29. The minimum Gasteiger partial charge on any atom is -0.299 e. The van der Waals surface area contributed by atoms with E-state index in [0.717, 1.165) is 29.2 Å². The molecule has 4 rings (SSSR count). The Bertz CT molecular complexity index is 1010. The van der Waals surface area contributed by atoms with Crippen LogP contribution in [0.5, 0.6) is 0 Å². The average molecular weight is 425 g/mol. The van der Waals surface area contributed by atoms with Gasteiger partial charge in [0.05, 0.1) is 18.4 Å². The molecular formula is C17H24N6O3S2. The lowest BCUT2D eigenvalue weighted by molar-refractivity contribution is 0.180. The van der Waals surface area contributed by atoms with E-state index < -0.39 is 10.0 Å². The normalized spacial score (nSPS) is 18.9. The number of thioether (sulfide) groups is 1. The number of aromatic nitrogens is 4. The summed E-state index contributed by atoms with van der Waals surface area (Å²) in [5.74, 6) is 1.91. The zero-order chi connectivity index (χ0) is 19.7. The van der Waals surface area contributed by atoms with Gasteiger partial charge in [-0.05, 0) is 11.3 Å². The van der Waals surface area contributed by atoms with Crippen LogP contribution in [0.15, 0.2) is 28.2 Å². The van der Waals surface area contributed by atoms with E-state index >= 15 is 0 Å². The summed E-state index contributed by atoms with van der Waals surface area (Å²) in [6.07, 6.45) is 3.81. The SMILES string of the molecule is Cn1cc(S(=O)(=O)N2CCN(CCn3nc4c(cc3=O)CSCC4)CC2)cn1. The lowest BCUT2D eigenvalue weighted by Crippen LogP contribution is -2.49. The van der Waals surface area contributed by atoms with E-state index in [0.29, 0.717) is 39.3 Å². The molecule has 0 unspecified atom stereocenters. The zero-order valence-corrected chi connectivity index (χ0v) is 17.5. The van der Waals surface area contributed by atoms with Gasteiger partial charge in [0.2, 0.25) is 10.0 Å². The third-order valence-corrected chi connectivity index (χ3v) is 8.04. The van der Waals surface area contributed by atoms with Crippen molar-refractivity contribution in [3.05, 3.63) is 40.1 Å². The molecule has 0 aromatic carbocycles. The van der Waals surface area contributed by atoms with Crippen LogP contribution in [0, 0.1) is 0 Å². The summed E-state index contributed by atoms with van der Waals surface area (Å²) in [6, 6.07) is 1.72. The molecule has 0 spiro atoms. The van der Waals surface area contributed by atoms with Gasteiger partial charge in [-0.2, -0.15) is 26.3 Å². The molecule has 0 atom stereocenters. The van der Waals surface area contributed by atoms with Crippen LogP contribution in [0.25, 0.3) is 0 Å². The maximum absolute atomic E-state index is 12.7. The molecule has 2 aromatic heterocycles. The summed E-state index contributed by atoms with van der Waals surface area (Å²) in [4.78, 5) is 14.7. The quantitative estimate of drug-likeness (QED) is 0.655. The smallest absolute Gasteiger partial charge is 0.267 e. The summed E-state index contributed by atoms with van der Waals surface area (Å²) >= 11 is 1.83. The van der Waals surface area contributed by atoms with Crippen LogP contribution in [0.2, 0.25) is 0 Å². The first kappa shape index (κ1) is 19.6. The van der Waals surface area contributed by atoms with Gasteiger partial charge in [0.25, 0.3) is 5.56 Å². The van der Waals surface area contributed by atoms with Crippen molar-refractivity contribution in [1.29, 1.82) is 0 Å². The van der Waals surface area contributed by atoms with Crippen molar-refractivity contribution in [2.75, 3.05) is 38.5 Å². The summed E-state index contributed by atoms with van der Waals surface area (Å²) in [5.41, 5.74) is 2.04. The molecule has 4 heterocycles. The Morgan fingerprint density at radius 2 is 1.96 bits per heavy atom.